The van der Waals surface area contributed by atoms with Crippen LogP contribution in [0.25, 0.3) is 10.6 Å². The number of aromatic nitrogens is 1. The number of para-hydroxylation sites is 1. The lowest BCUT2D eigenvalue weighted by Crippen LogP contribution is -2.16. The van der Waals surface area contributed by atoms with Crippen LogP contribution in [0.1, 0.15) is 30.5 Å². The molecule has 3 aromatic rings. The van der Waals surface area contributed by atoms with Gasteiger partial charge in [0.1, 0.15) is 0 Å². The van der Waals surface area contributed by atoms with Crippen LogP contribution < -0.4 is 10.7 Å². The van der Waals surface area contributed by atoms with Crippen molar-refractivity contribution in [2.45, 2.75) is 18.6 Å². The number of thioether (sulfide) groups is 1. The summed E-state index contributed by atoms with van der Waals surface area (Å²) in [6.45, 7) is 8.38. The Bertz CT molecular complexity index is 1520. The van der Waals surface area contributed by atoms with E-state index in [1.165, 1.54) is 16.0 Å². The fraction of sp³-hybridized carbons (Fsp3) is 0.118. The van der Waals surface area contributed by atoms with Crippen LogP contribution in [-0.2, 0) is 4.75 Å². The van der Waals surface area contributed by atoms with E-state index in [0.29, 0.717) is 11.6 Å². The lowest BCUT2D eigenvalue weighted by molar-refractivity contribution is 0.793. The summed E-state index contributed by atoms with van der Waals surface area (Å²) in [4.78, 5) is 5.35. The number of benzene rings is 2. The molecular formula is C34H32N4S. The molecule has 2 N–H and O–H groups in total. The third-order valence-corrected chi connectivity index (χ3v) is 7.82. The monoisotopic (exact) mass is 528 g/mol. The lowest BCUT2D eigenvalue weighted by Gasteiger charge is -2.22. The minimum atomic E-state index is -0.00338. The zero-order valence-corrected chi connectivity index (χ0v) is 23.1. The van der Waals surface area contributed by atoms with Crippen molar-refractivity contribution in [3.05, 3.63) is 156 Å². The quantitative estimate of drug-likeness (QED) is 0.132. The molecule has 2 aliphatic rings. The molecule has 0 spiro atoms. The van der Waals surface area contributed by atoms with E-state index in [-0.39, 0.29) is 4.75 Å². The molecule has 1 aliphatic carbocycles. The van der Waals surface area contributed by atoms with Crippen molar-refractivity contribution >= 4 is 34.3 Å². The fourth-order valence-corrected chi connectivity index (χ4v) is 5.75. The summed E-state index contributed by atoms with van der Waals surface area (Å²) in [5.74, 6) is 0.311. The van der Waals surface area contributed by atoms with E-state index < -0.39 is 0 Å². The van der Waals surface area contributed by atoms with Crippen LogP contribution in [0.4, 0.5) is 5.69 Å². The van der Waals surface area contributed by atoms with Gasteiger partial charge in [-0.05, 0) is 61.4 Å². The van der Waals surface area contributed by atoms with Gasteiger partial charge in [0, 0.05) is 44.8 Å². The highest BCUT2D eigenvalue weighted by Gasteiger charge is 2.34. The molecular weight excluding hydrogens is 496 g/mol. The first-order chi connectivity index (χ1) is 19.0. The summed E-state index contributed by atoms with van der Waals surface area (Å²) >= 11 is 1.89. The van der Waals surface area contributed by atoms with Crippen molar-refractivity contribution in [1.82, 2.24) is 4.98 Å². The molecule has 39 heavy (non-hydrogen) atoms. The Labute approximate surface area is 235 Å². The SMILES string of the molecule is C=C/C=C\C(C=NN(C(/C=C1\SC(C)(C)c2ccccc21)=C/C1C=C1)c1ccccc1)=C(N)c1ccncc1. The smallest absolute Gasteiger partial charge is 0.0652 e. The van der Waals surface area contributed by atoms with Crippen molar-refractivity contribution in [2.75, 3.05) is 5.01 Å². The van der Waals surface area contributed by atoms with E-state index in [1.807, 2.05) is 65.5 Å². The van der Waals surface area contributed by atoms with Crippen molar-refractivity contribution < 1.29 is 0 Å². The largest absolute Gasteiger partial charge is 0.398 e. The van der Waals surface area contributed by atoms with E-state index in [9.17, 15) is 0 Å². The van der Waals surface area contributed by atoms with Gasteiger partial charge >= 0.3 is 0 Å². The van der Waals surface area contributed by atoms with Crippen LogP contribution in [0.15, 0.2) is 145 Å². The van der Waals surface area contributed by atoms with Crippen LogP contribution in [0.2, 0.25) is 0 Å². The van der Waals surface area contributed by atoms with E-state index in [0.717, 1.165) is 22.5 Å². The van der Waals surface area contributed by atoms with Gasteiger partial charge in [0.05, 0.1) is 17.6 Å². The molecule has 0 saturated carbocycles. The predicted octanol–water partition coefficient (Wildman–Crippen LogP) is 8.08. The molecule has 2 heterocycles. The number of hydrogen-bond donors (Lipinski definition) is 1. The maximum absolute atomic E-state index is 6.60. The maximum Gasteiger partial charge on any atom is 0.0652 e. The Balaban J connectivity index is 1.61. The second-order valence-corrected chi connectivity index (χ2v) is 11.5. The van der Waals surface area contributed by atoms with Gasteiger partial charge in [-0.2, -0.15) is 5.10 Å². The number of nitrogens with two attached hydrogens (primary N) is 1. The van der Waals surface area contributed by atoms with Gasteiger partial charge in [-0.25, -0.2) is 5.01 Å². The molecule has 5 heteroatoms. The van der Waals surface area contributed by atoms with E-state index in [2.05, 4.69) is 86.1 Å². The molecule has 0 atom stereocenters. The second-order valence-electron chi connectivity index (χ2n) is 9.81. The summed E-state index contributed by atoms with van der Waals surface area (Å²) in [7, 11) is 0. The van der Waals surface area contributed by atoms with Crippen LogP contribution in [0, 0.1) is 5.92 Å². The summed E-state index contributed by atoms with van der Waals surface area (Å²) < 4.78 is -0.00338. The summed E-state index contributed by atoms with van der Waals surface area (Å²) in [6, 6.07) is 22.7. The van der Waals surface area contributed by atoms with Gasteiger partial charge in [0.15, 0.2) is 0 Å². The van der Waals surface area contributed by atoms with E-state index >= 15 is 0 Å². The molecule has 0 unspecified atom stereocenters. The second kappa shape index (κ2) is 11.6. The Morgan fingerprint density at radius 1 is 1.03 bits per heavy atom. The van der Waals surface area contributed by atoms with Crippen LogP contribution >= 0.6 is 11.8 Å². The zero-order chi connectivity index (χ0) is 27.2. The number of pyridine rings is 1. The number of hydrogen-bond acceptors (Lipinski definition) is 5. The Hall–Kier alpha value is -4.35. The molecule has 1 aliphatic heterocycles. The van der Waals surface area contributed by atoms with Crippen molar-refractivity contribution in [1.29, 1.82) is 0 Å². The fourth-order valence-electron chi connectivity index (χ4n) is 4.45. The van der Waals surface area contributed by atoms with E-state index in [1.54, 1.807) is 18.5 Å². The lowest BCUT2D eigenvalue weighted by atomic mass is 9.96. The molecule has 0 fully saturated rings. The molecule has 2 aromatic carbocycles. The highest BCUT2D eigenvalue weighted by Crippen LogP contribution is 2.54. The summed E-state index contributed by atoms with van der Waals surface area (Å²) in [5, 5.41) is 7.02. The summed E-state index contributed by atoms with van der Waals surface area (Å²) in [6.07, 6.45) is 19.7. The molecule has 0 radical (unpaired) electrons. The zero-order valence-electron chi connectivity index (χ0n) is 22.2. The number of anilines is 1. The van der Waals surface area contributed by atoms with Gasteiger partial charge in [-0.3, -0.25) is 4.98 Å². The van der Waals surface area contributed by atoms with Gasteiger partial charge in [-0.1, -0.05) is 79.4 Å². The van der Waals surface area contributed by atoms with Crippen LogP contribution in [0.3, 0.4) is 0 Å². The normalized spacial score (nSPS) is 18.0. The summed E-state index contributed by atoms with van der Waals surface area (Å²) in [5.41, 5.74) is 13.5. The van der Waals surface area contributed by atoms with E-state index in [4.69, 9.17) is 10.8 Å². The highest BCUT2D eigenvalue weighted by molar-refractivity contribution is 8.09. The minimum Gasteiger partial charge on any atom is -0.398 e. The first-order valence-electron chi connectivity index (χ1n) is 13.0. The number of hydrazone groups is 1. The first kappa shape index (κ1) is 26.3. The van der Waals surface area contributed by atoms with Crippen molar-refractivity contribution in [2.24, 2.45) is 16.8 Å². The third-order valence-electron chi connectivity index (χ3n) is 6.53. The predicted molar refractivity (Wildman–Crippen MR) is 168 cm³/mol. The first-order valence-corrected chi connectivity index (χ1v) is 13.8. The van der Waals surface area contributed by atoms with Crippen LogP contribution in [-0.4, -0.2) is 11.2 Å². The number of rotatable bonds is 9. The number of nitrogens with zero attached hydrogens (tertiary/aromatic N) is 3. The molecule has 5 rings (SSSR count). The molecule has 0 bridgehead atoms. The van der Waals surface area contributed by atoms with Gasteiger partial charge in [-0.15, -0.1) is 11.8 Å². The third kappa shape index (κ3) is 6.21. The Morgan fingerprint density at radius 2 is 1.74 bits per heavy atom. The minimum absolute atomic E-state index is 0.00338. The molecule has 0 amide bonds. The van der Waals surface area contributed by atoms with Gasteiger partial charge in [0.2, 0.25) is 0 Å². The molecule has 0 saturated heterocycles. The van der Waals surface area contributed by atoms with Crippen LogP contribution in [0.5, 0.6) is 0 Å². The van der Waals surface area contributed by atoms with Gasteiger partial charge in [0.25, 0.3) is 0 Å². The Morgan fingerprint density at radius 3 is 2.46 bits per heavy atom. The van der Waals surface area contributed by atoms with Crippen molar-refractivity contribution in [3.8, 4) is 0 Å². The molecule has 4 nitrogen and oxygen atoms in total. The maximum atomic E-state index is 6.60. The van der Waals surface area contributed by atoms with Gasteiger partial charge < -0.3 is 5.73 Å². The average Bonchev–Trinajstić information content (AvgIpc) is 3.74. The topological polar surface area (TPSA) is 54.5 Å². The molecule has 1 aromatic heterocycles. The number of fused-ring (bicyclic) bond motifs is 1. The highest BCUT2D eigenvalue weighted by atomic mass is 32.2. The standard InChI is InChI=1S/C34H32N4S/c1-4-5-11-27(33(35)26-18-20-36-21-19-26)24-37-38(28-12-7-6-8-13-28)29(22-25-16-17-25)23-32-30-14-9-10-15-31(30)34(2,3)39-32/h4-25H,1,35H2,2-3H3/b11-5-,29-22+,32-23-,33-27?,37-24?. The van der Waals surface area contributed by atoms with Crippen molar-refractivity contribution in [3.63, 3.8) is 0 Å². The Kier molecular flexibility index (Phi) is 7.80. The average molecular weight is 529 g/mol. The molecule has 194 valence electrons. The number of allylic oxidation sites excluding steroid dienone is 8.